The van der Waals surface area contributed by atoms with Gasteiger partial charge in [0.05, 0.1) is 17.1 Å². The van der Waals surface area contributed by atoms with Crippen molar-refractivity contribution < 1.29 is 9.05 Å². The molecule has 3 aromatic heterocycles. The number of halogens is 1. The summed E-state index contributed by atoms with van der Waals surface area (Å²) in [5.41, 5.74) is 1.09. The lowest BCUT2D eigenvalue weighted by Crippen LogP contribution is -2.19. The summed E-state index contributed by atoms with van der Waals surface area (Å²) in [5.74, 6) is 2.14. The predicted octanol–water partition coefficient (Wildman–Crippen LogP) is 3.53. The molecular formula is C19H14ClN5O3. The maximum absolute atomic E-state index is 12.2. The molecule has 4 aromatic rings. The third kappa shape index (κ3) is 3.22. The van der Waals surface area contributed by atoms with Gasteiger partial charge >= 0.3 is 0 Å². The molecule has 5 rings (SSSR count). The summed E-state index contributed by atoms with van der Waals surface area (Å²) in [7, 11) is 0. The maximum Gasteiger partial charge on any atom is 0.259 e. The molecule has 9 heteroatoms. The van der Waals surface area contributed by atoms with E-state index in [1.165, 1.54) is 10.6 Å². The van der Waals surface area contributed by atoms with Crippen LogP contribution in [-0.4, -0.2) is 24.8 Å². The summed E-state index contributed by atoms with van der Waals surface area (Å²) in [4.78, 5) is 21.0. The molecule has 1 aromatic carbocycles. The summed E-state index contributed by atoms with van der Waals surface area (Å²) in [6, 6.07) is 10.3. The Morgan fingerprint density at radius 2 is 1.93 bits per heavy atom. The summed E-state index contributed by atoms with van der Waals surface area (Å²) in [6.45, 7) is 0.203. The molecule has 0 saturated heterocycles. The molecule has 140 valence electrons. The van der Waals surface area contributed by atoms with E-state index in [4.69, 9.17) is 20.6 Å². The number of hydrogen-bond donors (Lipinski definition) is 0. The molecule has 0 spiro atoms. The van der Waals surface area contributed by atoms with Crippen molar-refractivity contribution in [2.45, 2.75) is 25.3 Å². The van der Waals surface area contributed by atoms with Crippen molar-refractivity contribution in [1.82, 2.24) is 24.8 Å². The molecule has 1 saturated carbocycles. The zero-order valence-electron chi connectivity index (χ0n) is 14.6. The first-order valence-electron chi connectivity index (χ1n) is 8.79. The fraction of sp³-hybridized carbons (Fsp3) is 0.211. The van der Waals surface area contributed by atoms with Crippen LogP contribution in [0.15, 0.2) is 56.4 Å². The van der Waals surface area contributed by atoms with Gasteiger partial charge in [-0.15, -0.1) is 0 Å². The second-order valence-electron chi connectivity index (χ2n) is 6.61. The minimum Gasteiger partial charge on any atom is -0.339 e. The van der Waals surface area contributed by atoms with Crippen molar-refractivity contribution in [2.75, 3.05) is 0 Å². The van der Waals surface area contributed by atoms with Crippen molar-refractivity contribution in [1.29, 1.82) is 0 Å². The molecule has 0 amide bonds. The van der Waals surface area contributed by atoms with Crippen LogP contribution in [-0.2, 0) is 6.54 Å². The Kier molecular flexibility index (Phi) is 4.05. The molecule has 0 bridgehead atoms. The van der Waals surface area contributed by atoms with E-state index in [0.717, 1.165) is 12.8 Å². The van der Waals surface area contributed by atoms with E-state index >= 15 is 0 Å². The van der Waals surface area contributed by atoms with Crippen LogP contribution in [0.25, 0.3) is 22.8 Å². The van der Waals surface area contributed by atoms with E-state index < -0.39 is 0 Å². The minimum absolute atomic E-state index is 0.188. The molecule has 0 radical (unpaired) electrons. The number of pyridine rings is 1. The van der Waals surface area contributed by atoms with E-state index in [0.29, 0.717) is 39.6 Å². The quantitative estimate of drug-likeness (QED) is 0.509. The van der Waals surface area contributed by atoms with Gasteiger partial charge in [0.1, 0.15) is 0 Å². The van der Waals surface area contributed by atoms with Crippen molar-refractivity contribution in [3.05, 3.63) is 69.7 Å². The van der Waals surface area contributed by atoms with Crippen LogP contribution in [0.1, 0.15) is 30.5 Å². The highest BCUT2D eigenvalue weighted by atomic mass is 35.5. The molecule has 1 aliphatic rings. The van der Waals surface area contributed by atoms with Gasteiger partial charge in [-0.25, -0.2) is 0 Å². The van der Waals surface area contributed by atoms with E-state index in [1.54, 1.807) is 18.3 Å². The Morgan fingerprint density at radius 3 is 2.75 bits per heavy atom. The average molecular weight is 396 g/mol. The minimum atomic E-state index is -0.188. The van der Waals surface area contributed by atoms with Gasteiger partial charge in [0.2, 0.25) is 11.7 Å². The summed E-state index contributed by atoms with van der Waals surface area (Å²) in [5, 5.41) is 8.48. The molecule has 8 nitrogen and oxygen atoms in total. The van der Waals surface area contributed by atoms with Crippen LogP contribution >= 0.6 is 11.6 Å². The number of benzene rings is 1. The lowest BCUT2D eigenvalue weighted by atomic mass is 10.2. The first-order valence-corrected chi connectivity index (χ1v) is 9.17. The standard InChI is InChI=1S/C19H14ClN5O3/c20-14-4-2-1-3-13(14)17-22-19(28-24-17)12-7-8-16(26)25(9-12)10-15-21-18(27-23-15)11-5-6-11/h1-4,7-9,11H,5-6,10H2. The Balaban J connectivity index is 1.44. The molecule has 0 unspecified atom stereocenters. The molecule has 1 fully saturated rings. The van der Waals surface area contributed by atoms with Crippen LogP contribution in [0.3, 0.4) is 0 Å². The Morgan fingerprint density at radius 1 is 1.07 bits per heavy atom. The second kappa shape index (κ2) is 6.72. The van der Waals surface area contributed by atoms with Crippen molar-refractivity contribution in [3.63, 3.8) is 0 Å². The van der Waals surface area contributed by atoms with Gasteiger partial charge in [0.25, 0.3) is 11.4 Å². The van der Waals surface area contributed by atoms with Crippen LogP contribution in [0.2, 0.25) is 5.02 Å². The first-order chi connectivity index (χ1) is 13.7. The molecule has 0 N–H and O–H groups in total. The highest BCUT2D eigenvalue weighted by Crippen LogP contribution is 2.38. The molecule has 1 aliphatic carbocycles. The van der Waals surface area contributed by atoms with E-state index in [1.807, 2.05) is 18.2 Å². The maximum atomic E-state index is 12.2. The third-order valence-electron chi connectivity index (χ3n) is 4.49. The van der Waals surface area contributed by atoms with Crippen LogP contribution in [0, 0.1) is 0 Å². The Hall–Kier alpha value is -3.26. The highest BCUT2D eigenvalue weighted by Gasteiger charge is 2.29. The van der Waals surface area contributed by atoms with E-state index in [-0.39, 0.29) is 18.0 Å². The van der Waals surface area contributed by atoms with Crippen LogP contribution in [0.5, 0.6) is 0 Å². The zero-order valence-corrected chi connectivity index (χ0v) is 15.3. The van der Waals surface area contributed by atoms with Crippen LogP contribution in [0.4, 0.5) is 0 Å². The first kappa shape index (κ1) is 16.9. The largest absolute Gasteiger partial charge is 0.339 e. The Bertz CT molecular complexity index is 1210. The number of aromatic nitrogens is 5. The van der Waals surface area contributed by atoms with Gasteiger partial charge in [-0.2, -0.15) is 9.97 Å². The SMILES string of the molecule is O=c1ccc(-c2nc(-c3ccccc3Cl)no2)cn1Cc1noc(C2CC2)n1. The van der Waals surface area contributed by atoms with Gasteiger partial charge in [0, 0.05) is 23.7 Å². The summed E-state index contributed by atoms with van der Waals surface area (Å²) < 4.78 is 12.1. The summed E-state index contributed by atoms with van der Waals surface area (Å²) in [6.07, 6.45) is 3.78. The van der Waals surface area contributed by atoms with E-state index in [2.05, 4.69) is 20.3 Å². The van der Waals surface area contributed by atoms with Crippen molar-refractivity contribution >= 4 is 11.6 Å². The predicted molar refractivity (Wildman–Crippen MR) is 99.8 cm³/mol. The lowest BCUT2D eigenvalue weighted by Gasteiger charge is -2.03. The van der Waals surface area contributed by atoms with Gasteiger partial charge in [-0.1, -0.05) is 34.0 Å². The van der Waals surface area contributed by atoms with Crippen LogP contribution < -0.4 is 5.56 Å². The smallest absolute Gasteiger partial charge is 0.259 e. The highest BCUT2D eigenvalue weighted by molar-refractivity contribution is 6.33. The van der Waals surface area contributed by atoms with Crippen molar-refractivity contribution in [2.24, 2.45) is 0 Å². The second-order valence-corrected chi connectivity index (χ2v) is 7.02. The summed E-state index contributed by atoms with van der Waals surface area (Å²) >= 11 is 6.19. The van der Waals surface area contributed by atoms with Gasteiger partial charge < -0.3 is 13.6 Å². The van der Waals surface area contributed by atoms with Gasteiger partial charge in [-0.05, 0) is 31.0 Å². The Labute approximate surface area is 163 Å². The van der Waals surface area contributed by atoms with E-state index in [9.17, 15) is 4.79 Å². The monoisotopic (exact) mass is 395 g/mol. The average Bonchev–Trinajstić information content (AvgIpc) is 3.24. The zero-order chi connectivity index (χ0) is 19.1. The lowest BCUT2D eigenvalue weighted by molar-refractivity contribution is 0.373. The normalized spacial score (nSPS) is 13.8. The van der Waals surface area contributed by atoms with Gasteiger partial charge in [-0.3, -0.25) is 4.79 Å². The fourth-order valence-electron chi connectivity index (χ4n) is 2.85. The molecular weight excluding hydrogens is 382 g/mol. The number of hydrogen-bond acceptors (Lipinski definition) is 7. The van der Waals surface area contributed by atoms with Crippen molar-refractivity contribution in [3.8, 4) is 22.8 Å². The molecule has 0 atom stereocenters. The molecule has 0 aliphatic heterocycles. The molecule has 28 heavy (non-hydrogen) atoms. The fourth-order valence-corrected chi connectivity index (χ4v) is 3.07. The number of rotatable bonds is 5. The topological polar surface area (TPSA) is 99.8 Å². The number of nitrogens with zero attached hydrogens (tertiary/aromatic N) is 5. The third-order valence-corrected chi connectivity index (χ3v) is 4.82. The molecule has 3 heterocycles. The van der Waals surface area contributed by atoms with Gasteiger partial charge in [0.15, 0.2) is 5.82 Å².